The van der Waals surface area contributed by atoms with Gasteiger partial charge in [0.15, 0.2) is 0 Å². The Bertz CT molecular complexity index is 166. The van der Waals surface area contributed by atoms with E-state index < -0.39 is 0 Å². The fourth-order valence-electron chi connectivity index (χ4n) is 0.556. The molecule has 0 unspecified atom stereocenters. The lowest BCUT2D eigenvalue weighted by molar-refractivity contribution is -0.134. The van der Waals surface area contributed by atoms with Gasteiger partial charge in [0.2, 0.25) is 0 Å². The maximum atomic E-state index is 10.6. The second-order valence-electron chi connectivity index (χ2n) is 1.91. The maximum Gasteiger partial charge on any atom is 0.330 e. The van der Waals surface area contributed by atoms with Crippen LogP contribution in [0, 0.1) is 0 Å². The van der Waals surface area contributed by atoms with E-state index in [4.69, 9.17) is 0 Å². The van der Waals surface area contributed by atoms with E-state index in [2.05, 4.69) is 4.74 Å². The van der Waals surface area contributed by atoms with Crippen LogP contribution in [0.4, 0.5) is 0 Å². The molecule has 0 radical (unpaired) electrons. The van der Waals surface area contributed by atoms with E-state index in [0.717, 1.165) is 5.57 Å². The molecule has 0 amide bonds. The van der Waals surface area contributed by atoms with Crippen LogP contribution in [0.3, 0.4) is 0 Å². The molecule has 0 spiro atoms. The highest BCUT2D eigenvalue weighted by Gasteiger charge is 1.91. The van der Waals surface area contributed by atoms with Crippen LogP contribution >= 0.6 is 0 Å². The Morgan fingerprint density at radius 3 is 2.50 bits per heavy atom. The fourth-order valence-corrected chi connectivity index (χ4v) is 0.556. The molecule has 0 atom stereocenters. The smallest absolute Gasteiger partial charge is 0.330 e. The average Bonchev–Trinajstić information content (AvgIpc) is 1.88. The summed E-state index contributed by atoms with van der Waals surface area (Å²) in [7, 11) is 1.36. The first-order valence-electron chi connectivity index (χ1n) is 3.09. The molecule has 10 heavy (non-hydrogen) atoms. The van der Waals surface area contributed by atoms with Gasteiger partial charge < -0.3 is 4.74 Å². The van der Waals surface area contributed by atoms with Crippen molar-refractivity contribution < 1.29 is 9.53 Å². The summed E-state index contributed by atoms with van der Waals surface area (Å²) < 4.78 is 4.42. The minimum atomic E-state index is -0.310. The molecule has 0 saturated carbocycles. The molecular formula is C8H12O2. The van der Waals surface area contributed by atoms with Gasteiger partial charge >= 0.3 is 5.97 Å². The minimum absolute atomic E-state index is 0.310. The summed E-state index contributed by atoms with van der Waals surface area (Å²) in [5.74, 6) is -0.310. The van der Waals surface area contributed by atoms with E-state index in [1.807, 2.05) is 26.0 Å². The number of hydrogen-bond donors (Lipinski definition) is 0. The normalized spacial score (nSPS) is 12.1. The summed E-state index contributed by atoms with van der Waals surface area (Å²) in [5, 5.41) is 0. The highest BCUT2D eigenvalue weighted by atomic mass is 16.5. The Labute approximate surface area is 61.2 Å². The van der Waals surface area contributed by atoms with Crippen molar-refractivity contribution in [3.8, 4) is 0 Å². The molecule has 0 aliphatic rings. The van der Waals surface area contributed by atoms with Gasteiger partial charge in [0.25, 0.3) is 0 Å². The first-order valence-corrected chi connectivity index (χ1v) is 3.09. The van der Waals surface area contributed by atoms with E-state index in [1.54, 1.807) is 0 Å². The van der Waals surface area contributed by atoms with E-state index in [0.29, 0.717) is 0 Å². The SMILES string of the molecule is C/C=C\C(C)=C/C(=O)OC. The quantitative estimate of drug-likeness (QED) is 0.331. The predicted octanol–water partition coefficient (Wildman–Crippen LogP) is 1.68. The standard InChI is InChI=1S/C8H12O2/c1-4-5-7(2)6-8(9)10-3/h4-6H,1-3H3/b5-4-,7-6-. The lowest BCUT2D eigenvalue weighted by Gasteiger charge is -1.91. The zero-order valence-corrected chi connectivity index (χ0v) is 6.55. The molecule has 0 bridgehead atoms. The third-order valence-electron chi connectivity index (χ3n) is 0.976. The van der Waals surface area contributed by atoms with Gasteiger partial charge in [-0.2, -0.15) is 0 Å². The van der Waals surface area contributed by atoms with Crippen molar-refractivity contribution in [2.75, 3.05) is 7.11 Å². The van der Waals surface area contributed by atoms with Gasteiger partial charge in [-0.15, -0.1) is 0 Å². The summed E-state index contributed by atoms with van der Waals surface area (Å²) in [4.78, 5) is 10.6. The molecular weight excluding hydrogens is 128 g/mol. The largest absolute Gasteiger partial charge is 0.466 e. The van der Waals surface area contributed by atoms with Crippen LogP contribution in [0.1, 0.15) is 13.8 Å². The Morgan fingerprint density at radius 2 is 2.10 bits per heavy atom. The van der Waals surface area contributed by atoms with Crippen molar-refractivity contribution >= 4 is 5.97 Å². The van der Waals surface area contributed by atoms with Crippen LogP contribution in [0.5, 0.6) is 0 Å². The summed E-state index contributed by atoms with van der Waals surface area (Å²) in [6.45, 7) is 3.74. The van der Waals surface area contributed by atoms with Gasteiger partial charge in [-0.05, 0) is 19.4 Å². The third-order valence-corrected chi connectivity index (χ3v) is 0.976. The number of carbonyl (C=O) groups is 1. The Balaban J connectivity index is 4.02. The molecule has 0 saturated heterocycles. The fraction of sp³-hybridized carbons (Fsp3) is 0.375. The van der Waals surface area contributed by atoms with Crippen LogP contribution in [-0.2, 0) is 9.53 Å². The summed E-state index contributed by atoms with van der Waals surface area (Å²) in [5.41, 5.74) is 0.898. The van der Waals surface area contributed by atoms with E-state index in [-0.39, 0.29) is 5.97 Å². The van der Waals surface area contributed by atoms with Crippen LogP contribution in [0.25, 0.3) is 0 Å². The second-order valence-corrected chi connectivity index (χ2v) is 1.91. The lowest BCUT2D eigenvalue weighted by Crippen LogP contribution is -1.94. The van der Waals surface area contributed by atoms with Crippen molar-refractivity contribution in [2.45, 2.75) is 13.8 Å². The van der Waals surface area contributed by atoms with Crippen LogP contribution < -0.4 is 0 Å². The maximum absolute atomic E-state index is 10.6. The second kappa shape index (κ2) is 4.79. The van der Waals surface area contributed by atoms with E-state index in [1.165, 1.54) is 13.2 Å². The lowest BCUT2D eigenvalue weighted by atomic mass is 10.2. The topological polar surface area (TPSA) is 26.3 Å². The van der Waals surface area contributed by atoms with Gasteiger partial charge in [0.05, 0.1) is 7.11 Å². The van der Waals surface area contributed by atoms with Gasteiger partial charge in [0.1, 0.15) is 0 Å². The van der Waals surface area contributed by atoms with E-state index >= 15 is 0 Å². The van der Waals surface area contributed by atoms with Gasteiger partial charge in [-0.1, -0.05) is 12.2 Å². The monoisotopic (exact) mass is 140 g/mol. The first kappa shape index (κ1) is 8.95. The number of methoxy groups -OCH3 is 1. The van der Waals surface area contributed by atoms with E-state index in [9.17, 15) is 4.79 Å². The molecule has 0 aliphatic heterocycles. The van der Waals surface area contributed by atoms with Crippen molar-refractivity contribution in [1.82, 2.24) is 0 Å². The molecule has 0 fully saturated rings. The highest BCUT2D eigenvalue weighted by molar-refractivity contribution is 5.83. The van der Waals surface area contributed by atoms with Crippen molar-refractivity contribution in [3.63, 3.8) is 0 Å². The number of hydrogen-bond acceptors (Lipinski definition) is 2. The molecule has 0 aromatic heterocycles. The summed E-state index contributed by atoms with van der Waals surface area (Å²) >= 11 is 0. The van der Waals surface area contributed by atoms with Crippen molar-refractivity contribution in [3.05, 3.63) is 23.8 Å². The summed E-state index contributed by atoms with van der Waals surface area (Å²) in [6, 6.07) is 0. The molecule has 2 nitrogen and oxygen atoms in total. The van der Waals surface area contributed by atoms with Gasteiger partial charge in [-0.25, -0.2) is 4.79 Å². The number of esters is 1. The molecule has 0 aromatic rings. The first-order chi connectivity index (χ1) is 4.70. The van der Waals surface area contributed by atoms with Crippen molar-refractivity contribution in [2.24, 2.45) is 0 Å². The molecule has 0 aliphatic carbocycles. The average molecular weight is 140 g/mol. The van der Waals surface area contributed by atoms with Crippen LogP contribution in [0.15, 0.2) is 23.8 Å². The molecule has 56 valence electrons. The predicted molar refractivity (Wildman–Crippen MR) is 40.6 cm³/mol. The van der Waals surface area contributed by atoms with Gasteiger partial charge in [0, 0.05) is 6.08 Å². The van der Waals surface area contributed by atoms with Crippen molar-refractivity contribution in [1.29, 1.82) is 0 Å². The Kier molecular flexibility index (Phi) is 4.29. The van der Waals surface area contributed by atoms with Crippen LogP contribution in [0.2, 0.25) is 0 Å². The number of ether oxygens (including phenoxy) is 1. The third kappa shape index (κ3) is 3.89. The zero-order chi connectivity index (χ0) is 7.98. The van der Waals surface area contributed by atoms with Crippen LogP contribution in [-0.4, -0.2) is 13.1 Å². The number of allylic oxidation sites excluding steroid dienone is 3. The Morgan fingerprint density at radius 1 is 1.50 bits per heavy atom. The number of carbonyl (C=O) groups excluding carboxylic acids is 1. The molecule has 0 N–H and O–H groups in total. The molecule has 2 heteroatoms. The molecule has 0 heterocycles. The Hall–Kier alpha value is -1.05. The number of rotatable bonds is 2. The zero-order valence-electron chi connectivity index (χ0n) is 6.55. The summed E-state index contributed by atoms with van der Waals surface area (Å²) in [6.07, 6.45) is 5.16. The molecule has 0 aromatic carbocycles. The minimum Gasteiger partial charge on any atom is -0.466 e. The highest BCUT2D eigenvalue weighted by Crippen LogP contribution is 1.94. The molecule has 0 rings (SSSR count). The van der Waals surface area contributed by atoms with Gasteiger partial charge in [-0.3, -0.25) is 0 Å².